The highest BCUT2D eigenvalue weighted by Gasteiger charge is 2.26. The number of benzene rings is 2. The molecule has 0 saturated carbocycles. The summed E-state index contributed by atoms with van der Waals surface area (Å²) in [5, 5.41) is 12.5. The molecule has 5 nitrogen and oxygen atoms in total. The Morgan fingerprint density at radius 1 is 1.17 bits per heavy atom. The number of amides is 1. The van der Waals surface area contributed by atoms with Crippen LogP contribution in [0.5, 0.6) is 0 Å². The summed E-state index contributed by atoms with van der Waals surface area (Å²) in [7, 11) is 1.92. The summed E-state index contributed by atoms with van der Waals surface area (Å²) in [6.45, 7) is 0.711. The summed E-state index contributed by atoms with van der Waals surface area (Å²) >= 11 is 2.95. The predicted octanol–water partition coefficient (Wildman–Crippen LogP) is 4.78. The van der Waals surface area contributed by atoms with Gasteiger partial charge in [0.05, 0.1) is 11.8 Å². The number of anilines is 1. The Morgan fingerprint density at radius 2 is 1.97 bits per heavy atom. The molecule has 7 heteroatoms. The van der Waals surface area contributed by atoms with Gasteiger partial charge in [0.15, 0.2) is 4.34 Å². The van der Waals surface area contributed by atoms with Crippen LogP contribution in [0.15, 0.2) is 58.9 Å². The van der Waals surface area contributed by atoms with Gasteiger partial charge in [-0.2, -0.15) is 0 Å². The molecule has 0 radical (unpaired) electrons. The maximum atomic E-state index is 12.8. The first-order valence-electron chi connectivity index (χ1n) is 9.78. The molecule has 0 spiro atoms. The molecule has 1 aromatic heterocycles. The molecule has 1 heterocycles. The number of nitrogens with zero attached hydrogens (tertiary/aromatic N) is 3. The van der Waals surface area contributed by atoms with Gasteiger partial charge < -0.3 is 10.2 Å². The third-order valence-corrected chi connectivity index (χ3v) is 7.21. The molecule has 0 bridgehead atoms. The van der Waals surface area contributed by atoms with Crippen molar-refractivity contribution in [3.8, 4) is 0 Å². The van der Waals surface area contributed by atoms with E-state index in [2.05, 4.69) is 51.9 Å². The monoisotopic (exact) mass is 424 g/mol. The number of hydrogen-bond donors (Lipinski definition) is 1. The maximum Gasteiger partial charge on any atom is 0.233 e. The van der Waals surface area contributed by atoms with Gasteiger partial charge in [0.1, 0.15) is 0 Å². The Bertz CT molecular complexity index is 960. The Kier molecular flexibility index (Phi) is 6.46. The second-order valence-corrected chi connectivity index (χ2v) is 9.31. The number of nitrogens with one attached hydrogen (secondary N) is 1. The minimum Gasteiger partial charge on any atom is -0.356 e. The molecule has 4 rings (SSSR count). The van der Waals surface area contributed by atoms with Crippen molar-refractivity contribution in [2.45, 2.75) is 36.2 Å². The summed E-state index contributed by atoms with van der Waals surface area (Å²) in [5.74, 6) is 0.508. The number of hydrogen-bond acceptors (Lipinski definition) is 6. The van der Waals surface area contributed by atoms with Crippen molar-refractivity contribution in [3.05, 3.63) is 71.3 Å². The standard InChI is InChI=1S/C22H24N4OS2/c1-26(19-13-7-11-17-10-5-6-12-18(17)19)20(27)15-28-22-25-24-21(29-22)23-14-16-8-3-2-4-9-16/h2-6,8-10,12,19H,7,11,13-15H2,1H3,(H,23,24). The van der Waals surface area contributed by atoms with E-state index in [0.717, 1.165) is 28.7 Å². The van der Waals surface area contributed by atoms with Gasteiger partial charge in [-0.15, -0.1) is 10.2 Å². The molecule has 2 aromatic carbocycles. The fourth-order valence-corrected chi connectivity index (χ4v) is 5.31. The quantitative estimate of drug-likeness (QED) is 0.553. The van der Waals surface area contributed by atoms with E-state index in [1.54, 1.807) is 0 Å². The molecule has 29 heavy (non-hydrogen) atoms. The van der Waals surface area contributed by atoms with Crippen molar-refractivity contribution in [1.82, 2.24) is 15.1 Å². The zero-order chi connectivity index (χ0) is 20.1. The molecular formula is C22H24N4OS2. The summed E-state index contributed by atoms with van der Waals surface area (Å²) in [4.78, 5) is 14.7. The third kappa shape index (κ3) is 4.97. The Hall–Kier alpha value is -2.38. The van der Waals surface area contributed by atoms with Crippen LogP contribution in [0.1, 0.15) is 35.6 Å². The van der Waals surface area contributed by atoms with Gasteiger partial charge in [-0.1, -0.05) is 77.7 Å². The summed E-state index contributed by atoms with van der Waals surface area (Å²) in [6, 6.07) is 18.8. The molecule has 1 atom stereocenters. The zero-order valence-electron chi connectivity index (χ0n) is 16.4. The SMILES string of the molecule is CN(C(=O)CSc1nnc(NCc2ccccc2)s1)C1CCCc2ccccc21. The summed E-state index contributed by atoms with van der Waals surface area (Å²) in [6.07, 6.45) is 3.25. The van der Waals surface area contributed by atoms with Crippen molar-refractivity contribution in [2.24, 2.45) is 0 Å². The molecule has 0 saturated heterocycles. The average Bonchev–Trinajstić information content (AvgIpc) is 3.24. The van der Waals surface area contributed by atoms with E-state index in [-0.39, 0.29) is 11.9 Å². The van der Waals surface area contributed by atoms with E-state index in [1.165, 1.54) is 39.8 Å². The van der Waals surface area contributed by atoms with Crippen LogP contribution in [-0.2, 0) is 17.8 Å². The van der Waals surface area contributed by atoms with Crippen LogP contribution in [0.3, 0.4) is 0 Å². The molecule has 0 fully saturated rings. The molecule has 1 amide bonds. The number of carbonyl (C=O) groups excluding carboxylic acids is 1. The number of aromatic nitrogens is 2. The topological polar surface area (TPSA) is 58.1 Å². The van der Waals surface area contributed by atoms with Crippen LogP contribution >= 0.6 is 23.1 Å². The first kappa shape index (κ1) is 19.9. The van der Waals surface area contributed by atoms with Gasteiger partial charge in [-0.3, -0.25) is 4.79 Å². The smallest absolute Gasteiger partial charge is 0.233 e. The van der Waals surface area contributed by atoms with E-state index >= 15 is 0 Å². The van der Waals surface area contributed by atoms with Gasteiger partial charge in [0, 0.05) is 13.6 Å². The first-order valence-corrected chi connectivity index (χ1v) is 11.6. The second kappa shape index (κ2) is 9.41. The highest BCUT2D eigenvalue weighted by molar-refractivity contribution is 8.01. The van der Waals surface area contributed by atoms with Crippen molar-refractivity contribution in [2.75, 3.05) is 18.1 Å². The summed E-state index contributed by atoms with van der Waals surface area (Å²) in [5.41, 5.74) is 3.86. The Morgan fingerprint density at radius 3 is 2.83 bits per heavy atom. The van der Waals surface area contributed by atoms with Crippen LogP contribution in [0.2, 0.25) is 0 Å². The molecule has 0 aliphatic heterocycles. The highest BCUT2D eigenvalue weighted by atomic mass is 32.2. The molecule has 1 N–H and O–H groups in total. The van der Waals surface area contributed by atoms with Crippen LogP contribution in [-0.4, -0.2) is 33.8 Å². The fourth-order valence-electron chi connectivity index (χ4n) is 3.64. The normalized spacial score (nSPS) is 15.6. The first-order chi connectivity index (χ1) is 14.2. The molecule has 150 valence electrons. The molecule has 1 aliphatic rings. The zero-order valence-corrected chi connectivity index (χ0v) is 18.0. The van der Waals surface area contributed by atoms with Crippen molar-refractivity contribution in [1.29, 1.82) is 0 Å². The Balaban J connectivity index is 1.30. The lowest BCUT2D eigenvalue weighted by atomic mass is 9.87. The average molecular weight is 425 g/mol. The minimum absolute atomic E-state index is 0.130. The van der Waals surface area contributed by atoms with Crippen LogP contribution in [0.4, 0.5) is 5.13 Å². The largest absolute Gasteiger partial charge is 0.356 e. The minimum atomic E-state index is 0.130. The third-order valence-electron chi connectivity index (χ3n) is 5.21. The van der Waals surface area contributed by atoms with E-state index in [9.17, 15) is 4.79 Å². The van der Waals surface area contributed by atoms with Gasteiger partial charge in [0.2, 0.25) is 11.0 Å². The van der Waals surface area contributed by atoms with Gasteiger partial charge >= 0.3 is 0 Å². The number of aryl methyl sites for hydroxylation is 1. The van der Waals surface area contributed by atoms with E-state index in [4.69, 9.17) is 0 Å². The predicted molar refractivity (Wildman–Crippen MR) is 119 cm³/mol. The van der Waals surface area contributed by atoms with E-state index in [1.807, 2.05) is 30.1 Å². The van der Waals surface area contributed by atoms with Crippen LogP contribution < -0.4 is 5.32 Å². The second-order valence-electron chi connectivity index (χ2n) is 7.11. The van der Waals surface area contributed by atoms with Gasteiger partial charge in [-0.25, -0.2) is 0 Å². The van der Waals surface area contributed by atoms with E-state index < -0.39 is 0 Å². The van der Waals surface area contributed by atoms with Crippen LogP contribution in [0.25, 0.3) is 0 Å². The molecule has 1 aliphatic carbocycles. The molecule has 1 unspecified atom stereocenters. The van der Waals surface area contributed by atoms with Crippen molar-refractivity contribution < 1.29 is 4.79 Å². The van der Waals surface area contributed by atoms with Crippen molar-refractivity contribution in [3.63, 3.8) is 0 Å². The van der Waals surface area contributed by atoms with Gasteiger partial charge in [-0.05, 0) is 36.0 Å². The maximum absolute atomic E-state index is 12.8. The van der Waals surface area contributed by atoms with E-state index in [0.29, 0.717) is 12.3 Å². The lowest BCUT2D eigenvalue weighted by Gasteiger charge is -2.33. The number of carbonyl (C=O) groups is 1. The number of thioether (sulfide) groups is 1. The Labute approximate surface area is 179 Å². The number of rotatable bonds is 7. The fraction of sp³-hybridized carbons (Fsp3) is 0.318. The lowest BCUT2D eigenvalue weighted by Crippen LogP contribution is -2.34. The number of fused-ring (bicyclic) bond motifs is 1. The van der Waals surface area contributed by atoms with Crippen molar-refractivity contribution >= 4 is 34.1 Å². The van der Waals surface area contributed by atoms with Crippen LogP contribution in [0, 0.1) is 0 Å². The lowest BCUT2D eigenvalue weighted by molar-refractivity contribution is -0.129. The molecular weight excluding hydrogens is 400 g/mol. The molecule has 3 aromatic rings. The summed E-state index contributed by atoms with van der Waals surface area (Å²) < 4.78 is 0.811. The highest BCUT2D eigenvalue weighted by Crippen LogP contribution is 2.34. The van der Waals surface area contributed by atoms with Gasteiger partial charge in [0.25, 0.3) is 0 Å².